The molecule has 34 heavy (non-hydrogen) atoms. The largest absolute Gasteiger partial charge is 0.497 e. The summed E-state index contributed by atoms with van der Waals surface area (Å²) in [6.45, 7) is -0.570. The molecule has 178 valence electrons. The maximum Gasteiger partial charge on any atom is 0.264 e. The Morgan fingerprint density at radius 1 is 1.00 bits per heavy atom. The fourth-order valence-electron chi connectivity index (χ4n) is 2.95. The summed E-state index contributed by atoms with van der Waals surface area (Å²) in [4.78, 5) is 12.7. The fourth-order valence-corrected chi connectivity index (χ4v) is 4.70. The molecule has 0 saturated heterocycles. The number of hydrogen-bond acceptors (Lipinski definition) is 6. The predicted octanol–water partition coefficient (Wildman–Crippen LogP) is 4.36. The number of benzene rings is 3. The maximum atomic E-state index is 13.5. The number of rotatable bonds is 9. The summed E-state index contributed by atoms with van der Waals surface area (Å²) in [5, 5.41) is 4.61. The zero-order valence-corrected chi connectivity index (χ0v) is 20.6. The van der Waals surface area contributed by atoms with Crippen LogP contribution in [0.15, 0.2) is 76.7 Å². The van der Waals surface area contributed by atoms with Crippen molar-refractivity contribution in [2.24, 2.45) is 5.10 Å². The first kappa shape index (κ1) is 25.4. The first-order valence-electron chi connectivity index (χ1n) is 9.83. The predicted molar refractivity (Wildman–Crippen MR) is 133 cm³/mol. The molecule has 11 heteroatoms. The highest BCUT2D eigenvalue weighted by atomic mass is 35.5. The monoisotopic (exact) mass is 521 g/mol. The summed E-state index contributed by atoms with van der Waals surface area (Å²) < 4.78 is 38.5. The van der Waals surface area contributed by atoms with Crippen molar-refractivity contribution in [1.29, 1.82) is 0 Å². The van der Waals surface area contributed by atoms with Gasteiger partial charge in [0.1, 0.15) is 18.0 Å². The molecule has 1 amide bonds. The number of nitrogens with zero attached hydrogens (tertiary/aromatic N) is 2. The number of nitrogens with one attached hydrogen (secondary N) is 1. The van der Waals surface area contributed by atoms with Crippen LogP contribution in [-0.2, 0) is 14.8 Å². The van der Waals surface area contributed by atoms with Crippen LogP contribution < -0.4 is 19.2 Å². The quantitative estimate of drug-likeness (QED) is 0.333. The Morgan fingerprint density at radius 3 is 2.38 bits per heavy atom. The summed E-state index contributed by atoms with van der Waals surface area (Å²) in [6.07, 6.45) is 1.36. The van der Waals surface area contributed by atoms with Crippen molar-refractivity contribution >= 4 is 51.0 Å². The molecule has 0 bridgehead atoms. The molecule has 0 aromatic heterocycles. The first-order chi connectivity index (χ1) is 16.3. The lowest BCUT2D eigenvalue weighted by molar-refractivity contribution is -0.119. The van der Waals surface area contributed by atoms with E-state index < -0.39 is 22.5 Å². The highest BCUT2D eigenvalue weighted by Crippen LogP contribution is 2.35. The lowest BCUT2D eigenvalue weighted by Crippen LogP contribution is -2.39. The standard InChI is InChI=1S/C23H21Cl2N3O5S/c1-32-17-9-11-22(33-2)21(13-17)28(34(30,31)18-6-4-3-5-7-18)15-23(29)27-26-14-16-8-10-19(24)20(25)12-16/h3-14H,15H2,1-2H3,(H,27,29)/b26-14+. The van der Waals surface area contributed by atoms with E-state index in [1.54, 1.807) is 48.5 Å². The van der Waals surface area contributed by atoms with E-state index in [2.05, 4.69) is 10.5 Å². The van der Waals surface area contributed by atoms with Crippen molar-refractivity contribution in [3.63, 3.8) is 0 Å². The molecule has 3 aromatic carbocycles. The lowest BCUT2D eigenvalue weighted by Gasteiger charge is -2.25. The van der Waals surface area contributed by atoms with E-state index >= 15 is 0 Å². The number of carbonyl (C=O) groups excluding carboxylic acids is 1. The van der Waals surface area contributed by atoms with Gasteiger partial charge < -0.3 is 9.47 Å². The second kappa shape index (κ2) is 11.2. The highest BCUT2D eigenvalue weighted by molar-refractivity contribution is 7.92. The van der Waals surface area contributed by atoms with Crippen LogP contribution in [0.25, 0.3) is 0 Å². The van der Waals surface area contributed by atoms with Gasteiger partial charge in [-0.25, -0.2) is 13.8 Å². The number of hydrogen-bond donors (Lipinski definition) is 1. The van der Waals surface area contributed by atoms with E-state index in [1.807, 2.05) is 0 Å². The average Bonchev–Trinajstić information content (AvgIpc) is 2.84. The van der Waals surface area contributed by atoms with Crippen LogP contribution in [0, 0.1) is 0 Å². The molecule has 3 aromatic rings. The van der Waals surface area contributed by atoms with Gasteiger partial charge in [-0.05, 0) is 42.0 Å². The van der Waals surface area contributed by atoms with Gasteiger partial charge >= 0.3 is 0 Å². The topological polar surface area (TPSA) is 97.3 Å². The fraction of sp³-hybridized carbons (Fsp3) is 0.130. The SMILES string of the molecule is COc1ccc(OC)c(N(CC(=O)N/N=C/c2ccc(Cl)c(Cl)c2)S(=O)(=O)c2ccccc2)c1. The van der Waals surface area contributed by atoms with Crippen molar-refractivity contribution in [1.82, 2.24) is 5.43 Å². The number of methoxy groups -OCH3 is 2. The number of halogens is 2. The van der Waals surface area contributed by atoms with E-state index in [-0.39, 0.29) is 16.3 Å². The Labute approximate surface area is 207 Å². The third kappa shape index (κ3) is 5.99. The summed E-state index contributed by atoms with van der Waals surface area (Å²) >= 11 is 11.9. The van der Waals surface area contributed by atoms with E-state index in [9.17, 15) is 13.2 Å². The third-order valence-electron chi connectivity index (χ3n) is 4.62. The van der Waals surface area contributed by atoms with Crippen molar-refractivity contribution in [2.75, 3.05) is 25.1 Å². The molecule has 0 spiro atoms. The smallest absolute Gasteiger partial charge is 0.264 e. The van der Waals surface area contributed by atoms with Crippen LogP contribution in [0.5, 0.6) is 11.5 Å². The van der Waals surface area contributed by atoms with Crippen LogP contribution >= 0.6 is 23.2 Å². The van der Waals surface area contributed by atoms with E-state index in [4.69, 9.17) is 32.7 Å². The molecule has 0 heterocycles. The van der Waals surface area contributed by atoms with E-state index in [0.29, 0.717) is 21.4 Å². The van der Waals surface area contributed by atoms with Gasteiger partial charge in [-0.3, -0.25) is 9.10 Å². The average molecular weight is 522 g/mol. The number of amides is 1. The Hall–Kier alpha value is -3.27. The molecular formula is C23H21Cl2N3O5S. The van der Waals surface area contributed by atoms with Gasteiger partial charge in [0.05, 0.1) is 41.1 Å². The summed E-state index contributed by atoms with van der Waals surface area (Å²) in [6, 6.07) is 17.3. The minimum atomic E-state index is -4.14. The molecular weight excluding hydrogens is 501 g/mol. The van der Waals surface area contributed by atoms with Crippen molar-refractivity contribution in [3.05, 3.63) is 82.3 Å². The molecule has 1 N–H and O–H groups in total. The van der Waals surface area contributed by atoms with Crippen LogP contribution in [0.4, 0.5) is 5.69 Å². The Bertz CT molecular complexity index is 1300. The van der Waals surface area contributed by atoms with Gasteiger partial charge in [-0.15, -0.1) is 0 Å². The van der Waals surface area contributed by atoms with Gasteiger partial charge in [-0.2, -0.15) is 5.10 Å². The van der Waals surface area contributed by atoms with Gasteiger partial charge in [0.2, 0.25) is 0 Å². The Balaban J connectivity index is 1.92. The first-order valence-corrected chi connectivity index (χ1v) is 12.0. The van der Waals surface area contributed by atoms with Gasteiger partial charge in [0.15, 0.2) is 0 Å². The molecule has 0 atom stereocenters. The molecule has 0 saturated carbocycles. The molecule has 0 radical (unpaired) electrons. The minimum absolute atomic E-state index is 0.00646. The van der Waals surface area contributed by atoms with Crippen LogP contribution in [0.3, 0.4) is 0 Å². The molecule has 0 fully saturated rings. The molecule has 0 unspecified atom stereocenters. The van der Waals surface area contributed by atoms with Crippen molar-refractivity contribution in [2.45, 2.75) is 4.90 Å². The number of ether oxygens (including phenoxy) is 2. The molecule has 0 aliphatic heterocycles. The Kier molecular flexibility index (Phi) is 8.38. The lowest BCUT2D eigenvalue weighted by atomic mass is 10.2. The van der Waals surface area contributed by atoms with E-state index in [1.165, 1.54) is 38.6 Å². The minimum Gasteiger partial charge on any atom is -0.497 e. The van der Waals surface area contributed by atoms with Crippen molar-refractivity contribution in [3.8, 4) is 11.5 Å². The van der Waals surface area contributed by atoms with Crippen molar-refractivity contribution < 1.29 is 22.7 Å². The highest BCUT2D eigenvalue weighted by Gasteiger charge is 2.29. The third-order valence-corrected chi connectivity index (χ3v) is 7.13. The number of anilines is 1. The summed E-state index contributed by atoms with van der Waals surface area (Å²) in [5.41, 5.74) is 3.06. The molecule has 0 aliphatic carbocycles. The summed E-state index contributed by atoms with van der Waals surface area (Å²) in [5.74, 6) is -0.0461. The Morgan fingerprint density at radius 2 is 1.74 bits per heavy atom. The van der Waals surface area contributed by atoms with Gasteiger partial charge in [0, 0.05) is 6.07 Å². The van der Waals surface area contributed by atoms with Crippen LogP contribution in [0.1, 0.15) is 5.56 Å². The van der Waals surface area contributed by atoms with Crippen LogP contribution in [0.2, 0.25) is 10.0 Å². The zero-order valence-electron chi connectivity index (χ0n) is 18.2. The van der Waals surface area contributed by atoms with E-state index in [0.717, 1.165) is 4.31 Å². The molecule has 0 aliphatic rings. The number of carbonyl (C=O) groups is 1. The number of hydrazone groups is 1. The zero-order chi connectivity index (χ0) is 24.7. The van der Waals surface area contributed by atoms with Gasteiger partial charge in [-0.1, -0.05) is 47.5 Å². The maximum absolute atomic E-state index is 13.5. The normalized spacial score (nSPS) is 11.3. The van der Waals surface area contributed by atoms with Gasteiger partial charge in [0.25, 0.3) is 15.9 Å². The number of sulfonamides is 1. The molecule has 8 nitrogen and oxygen atoms in total. The summed E-state index contributed by atoms with van der Waals surface area (Å²) in [7, 11) is -1.29. The molecule has 3 rings (SSSR count). The second-order valence-corrected chi connectivity index (χ2v) is 9.51. The second-order valence-electron chi connectivity index (χ2n) is 6.83. The van der Waals surface area contributed by atoms with Crippen LogP contribution in [-0.4, -0.2) is 41.3 Å².